The molecule has 9 atom stereocenters. The monoisotopic (exact) mass is 660 g/mol. The molecule has 2 aliphatic rings. The van der Waals surface area contributed by atoms with Gasteiger partial charge in [-0.25, -0.2) is 28.9 Å². The molecule has 22 heteroatoms. The summed E-state index contributed by atoms with van der Waals surface area (Å²) >= 11 is 5.21. The number of H-pyrrole nitrogens is 1. The highest BCUT2D eigenvalue weighted by Gasteiger charge is 2.50. The average Bonchev–Trinajstić information content (AvgIpc) is 3.71. The van der Waals surface area contributed by atoms with Crippen LogP contribution in [-0.4, -0.2) is 103 Å². The number of aromatic amines is 1. The minimum Gasteiger partial charge on any atom is -0.396 e. The number of alkyl halides is 1. The number of aromatic nitrogens is 8. The molecule has 0 amide bonds. The molecule has 0 aromatic carbocycles. The van der Waals surface area contributed by atoms with Gasteiger partial charge in [0, 0.05) is 11.9 Å². The lowest BCUT2D eigenvalue weighted by Crippen LogP contribution is -2.34. The van der Waals surface area contributed by atoms with Crippen LogP contribution < -0.4 is 17.0 Å². The number of hydrogen-bond acceptors (Lipinski definition) is 16. The highest BCUT2D eigenvalue weighted by Crippen LogP contribution is 2.59. The molecular weight excluding hydrogens is 634 g/mol. The van der Waals surface area contributed by atoms with Gasteiger partial charge in [-0.2, -0.15) is 4.98 Å². The van der Waals surface area contributed by atoms with Crippen molar-refractivity contribution in [1.82, 2.24) is 39.0 Å². The van der Waals surface area contributed by atoms with Crippen LogP contribution in [0.4, 0.5) is 16.2 Å². The van der Waals surface area contributed by atoms with E-state index in [2.05, 4.69) is 42.2 Å². The van der Waals surface area contributed by atoms with Crippen molar-refractivity contribution in [3.05, 3.63) is 29.3 Å². The SMILES string of the molecule is Nc1nc2c(ncn2[C@@H]2S[C@H](CCO)[C@@H](O)[C@H]2OP(=O)(S)OC[C@H]2O[C@@H](n3cnc4c(N)ncnc43)[C@@H](F)[C@@H]2O)c(=O)[nH]1. The molecule has 4 aromatic heterocycles. The van der Waals surface area contributed by atoms with Gasteiger partial charge in [0.05, 0.1) is 25.4 Å². The lowest BCUT2D eigenvalue weighted by atomic mass is 10.1. The van der Waals surface area contributed by atoms with Crippen molar-refractivity contribution < 1.29 is 38.1 Å². The molecular formula is C21H26FN10O8PS2. The predicted octanol–water partition coefficient (Wildman–Crippen LogP) is -0.483. The minimum atomic E-state index is -4.33. The summed E-state index contributed by atoms with van der Waals surface area (Å²) in [6, 6.07) is 0. The molecule has 0 radical (unpaired) electrons. The maximum atomic E-state index is 15.2. The molecule has 6 heterocycles. The second-order valence-electron chi connectivity index (χ2n) is 9.76. The van der Waals surface area contributed by atoms with Gasteiger partial charge in [-0.05, 0) is 6.42 Å². The van der Waals surface area contributed by atoms with Crippen molar-refractivity contribution in [2.75, 3.05) is 24.7 Å². The number of nitrogens with zero attached hydrogens (tertiary/aromatic N) is 7. The Labute approximate surface area is 249 Å². The number of halogens is 1. The van der Waals surface area contributed by atoms with Crippen LogP contribution in [0.1, 0.15) is 18.0 Å². The number of nitrogen functional groups attached to an aromatic ring is 2. The van der Waals surface area contributed by atoms with E-state index >= 15 is 4.39 Å². The maximum Gasteiger partial charge on any atom is 0.386 e. The van der Waals surface area contributed by atoms with Crippen LogP contribution >= 0.6 is 30.8 Å². The minimum absolute atomic E-state index is 0.0264. The van der Waals surface area contributed by atoms with Gasteiger partial charge in [-0.3, -0.25) is 28.0 Å². The summed E-state index contributed by atoms with van der Waals surface area (Å²) in [5, 5.41) is 29.6. The van der Waals surface area contributed by atoms with Crippen LogP contribution in [0, 0.1) is 0 Å². The Hall–Kier alpha value is -2.88. The van der Waals surface area contributed by atoms with Crippen molar-refractivity contribution in [1.29, 1.82) is 0 Å². The zero-order chi connectivity index (χ0) is 30.6. The number of thiol groups is 1. The Bertz CT molecular complexity index is 1760. The smallest absolute Gasteiger partial charge is 0.386 e. The first kappa shape index (κ1) is 30.2. The van der Waals surface area contributed by atoms with E-state index in [1.165, 1.54) is 28.1 Å². The molecule has 2 aliphatic heterocycles. The van der Waals surface area contributed by atoms with Gasteiger partial charge in [0.15, 0.2) is 35.0 Å². The Morgan fingerprint density at radius 1 is 1.14 bits per heavy atom. The van der Waals surface area contributed by atoms with Gasteiger partial charge >= 0.3 is 6.80 Å². The fourth-order valence-electron chi connectivity index (χ4n) is 5.02. The number of rotatable bonds is 9. The number of aliphatic hydroxyl groups excluding tert-OH is 3. The van der Waals surface area contributed by atoms with E-state index in [-0.39, 0.29) is 47.1 Å². The van der Waals surface area contributed by atoms with E-state index in [4.69, 9.17) is 25.3 Å². The summed E-state index contributed by atoms with van der Waals surface area (Å²) in [5.41, 5.74) is 11.4. The number of fused-ring (bicyclic) bond motifs is 2. The summed E-state index contributed by atoms with van der Waals surface area (Å²) in [7, 11) is 0. The van der Waals surface area contributed by atoms with Gasteiger partial charge in [0.1, 0.15) is 35.5 Å². The third-order valence-corrected chi connectivity index (χ3v) is 10.3. The summed E-state index contributed by atoms with van der Waals surface area (Å²) in [6.45, 7) is -5.19. The Morgan fingerprint density at radius 3 is 2.65 bits per heavy atom. The fraction of sp³-hybridized carbons (Fsp3) is 0.524. The normalized spacial score (nSPS) is 30.8. The van der Waals surface area contributed by atoms with Crippen LogP contribution in [0.25, 0.3) is 22.3 Å². The molecule has 8 N–H and O–H groups in total. The van der Waals surface area contributed by atoms with Crippen molar-refractivity contribution in [3.63, 3.8) is 0 Å². The molecule has 4 aromatic rings. The molecule has 6 rings (SSSR count). The highest BCUT2D eigenvalue weighted by atomic mass is 32.7. The van der Waals surface area contributed by atoms with Crippen LogP contribution in [0.15, 0.2) is 23.8 Å². The van der Waals surface area contributed by atoms with Crippen molar-refractivity contribution in [2.45, 2.75) is 53.9 Å². The third-order valence-electron chi connectivity index (χ3n) is 7.06. The summed E-state index contributed by atoms with van der Waals surface area (Å²) < 4.78 is 48.0. The van der Waals surface area contributed by atoms with E-state index in [0.717, 1.165) is 11.8 Å². The van der Waals surface area contributed by atoms with Crippen LogP contribution in [-0.2, 0) is 18.3 Å². The Morgan fingerprint density at radius 2 is 1.88 bits per heavy atom. The van der Waals surface area contributed by atoms with E-state index in [0.29, 0.717) is 0 Å². The number of anilines is 2. The number of ether oxygens (including phenoxy) is 1. The number of aliphatic hydroxyl groups is 3. The molecule has 0 bridgehead atoms. The van der Waals surface area contributed by atoms with Gasteiger partial charge < -0.3 is 31.5 Å². The third kappa shape index (κ3) is 5.49. The van der Waals surface area contributed by atoms with Crippen LogP contribution in [0.3, 0.4) is 0 Å². The lowest BCUT2D eigenvalue weighted by molar-refractivity contribution is -0.0455. The molecule has 43 heavy (non-hydrogen) atoms. The molecule has 2 saturated heterocycles. The van der Waals surface area contributed by atoms with Gasteiger partial charge in [-0.1, -0.05) is 12.2 Å². The molecule has 1 unspecified atom stereocenters. The predicted molar refractivity (Wildman–Crippen MR) is 153 cm³/mol. The van der Waals surface area contributed by atoms with Gasteiger partial charge in [-0.15, -0.1) is 11.8 Å². The van der Waals surface area contributed by atoms with E-state index < -0.39 is 66.4 Å². The first-order valence-electron chi connectivity index (χ1n) is 12.7. The molecule has 0 aliphatic carbocycles. The first-order valence-corrected chi connectivity index (χ1v) is 16.4. The van der Waals surface area contributed by atoms with Crippen LogP contribution in [0.2, 0.25) is 0 Å². The highest BCUT2D eigenvalue weighted by molar-refractivity contribution is 8.44. The lowest BCUT2D eigenvalue weighted by Gasteiger charge is -2.26. The Kier molecular flexibility index (Phi) is 8.11. The fourth-order valence-corrected chi connectivity index (χ4v) is 8.15. The zero-order valence-corrected chi connectivity index (χ0v) is 24.4. The Balaban J connectivity index is 1.19. The van der Waals surface area contributed by atoms with E-state index in [1.807, 2.05) is 0 Å². The topological polar surface area (TPSA) is 265 Å². The van der Waals surface area contributed by atoms with Crippen molar-refractivity contribution in [3.8, 4) is 0 Å². The summed E-state index contributed by atoms with van der Waals surface area (Å²) in [4.78, 5) is 34.8. The summed E-state index contributed by atoms with van der Waals surface area (Å²) in [6.07, 6.45) is -4.99. The van der Waals surface area contributed by atoms with Crippen molar-refractivity contribution in [2.24, 2.45) is 0 Å². The molecule has 18 nitrogen and oxygen atoms in total. The standard InChI is InChI=1S/C21H26FN10O8PS2/c22-9-12(34)7(39-19(9)31-5-27-10-15(23)25-4-26-16(10)31)3-38-41(37,42)40-14-13(35)8(1-2-33)43-20(14)32-6-28-11-17(32)29-21(24)30-18(11)36/h4-9,12-14,19-20,33-35H,1-3H2,(H,37,42)(H2,23,25,26)(H3,24,29,30,36)/t7-,8-,9+,12-,13-,14-,19-,20-,41?/m1/s1. The average molecular weight is 661 g/mol. The van der Waals surface area contributed by atoms with Crippen LogP contribution in [0.5, 0.6) is 0 Å². The number of thioether (sulfide) groups is 1. The van der Waals surface area contributed by atoms with E-state index in [9.17, 15) is 24.7 Å². The van der Waals surface area contributed by atoms with E-state index in [1.54, 1.807) is 0 Å². The number of nitrogens with one attached hydrogen (secondary N) is 1. The molecule has 232 valence electrons. The maximum absolute atomic E-state index is 15.2. The number of nitrogens with two attached hydrogens (primary N) is 2. The number of hydrogen-bond donors (Lipinski definition) is 7. The quantitative estimate of drug-likeness (QED) is 0.0882. The second-order valence-corrected chi connectivity index (χ2v) is 14.0. The first-order chi connectivity index (χ1) is 20.5. The zero-order valence-electron chi connectivity index (χ0n) is 21.8. The van der Waals surface area contributed by atoms with Gasteiger partial charge in [0.2, 0.25) is 5.95 Å². The molecule has 2 fully saturated rings. The second kappa shape index (κ2) is 11.6. The molecule has 0 spiro atoms. The van der Waals surface area contributed by atoms with Gasteiger partial charge in [0.25, 0.3) is 5.56 Å². The summed E-state index contributed by atoms with van der Waals surface area (Å²) in [5.74, 6) is -0.0955. The molecule has 0 saturated carbocycles. The number of imidazole rings is 2. The van der Waals surface area contributed by atoms with Crippen molar-refractivity contribution >= 4 is 64.9 Å². The largest absolute Gasteiger partial charge is 0.396 e.